The third kappa shape index (κ3) is 18.7. The van der Waals surface area contributed by atoms with Gasteiger partial charge in [0.15, 0.2) is 0 Å². The van der Waals surface area contributed by atoms with Crippen molar-refractivity contribution in [1.82, 2.24) is 10.6 Å². The smallest absolute Gasteiger partial charge is 0.119 e. The van der Waals surface area contributed by atoms with E-state index in [0.717, 1.165) is 37.4 Å². The zero-order valence-electron chi connectivity index (χ0n) is 30.2. The Hall–Kier alpha value is -3.22. The van der Waals surface area contributed by atoms with E-state index in [1.807, 2.05) is 60.7 Å². The van der Waals surface area contributed by atoms with Gasteiger partial charge in [-0.25, -0.2) is 0 Å². The Labute approximate surface area is 316 Å². The Bertz CT molecular complexity index is 1260. The summed E-state index contributed by atoms with van der Waals surface area (Å²) < 4.78 is 21.9. The largest absolute Gasteiger partial charge is 0.491 e. The van der Waals surface area contributed by atoms with Crippen molar-refractivity contribution in [2.75, 3.05) is 53.7 Å². The molecule has 0 spiro atoms. The number of benzene rings is 4. The second-order valence-electron chi connectivity index (χ2n) is 11.7. The van der Waals surface area contributed by atoms with Crippen LogP contribution in [0.25, 0.3) is 0 Å². The van der Waals surface area contributed by atoms with Gasteiger partial charge in [-0.3, -0.25) is 0 Å². The SMILES string of the molecule is COC(CNC(C)Cc1ccc(OCCO)cc1)c1ccccc1.COC(CNC(C)Cc1ccc(OCCO)cc1)c1ccccc1.Cl.Cl.O. The third-order valence-electron chi connectivity index (χ3n) is 7.87. The number of methoxy groups -OCH3 is 2. The molecule has 6 N–H and O–H groups in total. The average Bonchev–Trinajstić information content (AvgIpc) is 3.13. The Morgan fingerprint density at radius 1 is 0.529 bits per heavy atom. The van der Waals surface area contributed by atoms with E-state index >= 15 is 0 Å². The molecule has 9 nitrogen and oxygen atoms in total. The Morgan fingerprint density at radius 2 is 0.863 bits per heavy atom. The topological polar surface area (TPSA) is 133 Å². The molecule has 11 heteroatoms. The van der Waals surface area contributed by atoms with Crippen LogP contribution in [0, 0.1) is 0 Å². The maximum absolute atomic E-state index is 8.76. The molecule has 0 fully saturated rings. The highest BCUT2D eigenvalue weighted by Gasteiger charge is 2.13. The summed E-state index contributed by atoms with van der Waals surface area (Å²) in [7, 11) is 3.49. The van der Waals surface area contributed by atoms with Crippen LogP contribution >= 0.6 is 24.8 Å². The first-order chi connectivity index (χ1) is 23.4. The quantitative estimate of drug-likeness (QED) is 0.0872. The first kappa shape index (κ1) is 47.8. The Morgan fingerprint density at radius 3 is 1.16 bits per heavy atom. The van der Waals surface area contributed by atoms with Crippen molar-refractivity contribution in [3.05, 3.63) is 131 Å². The van der Waals surface area contributed by atoms with E-state index in [1.54, 1.807) is 14.2 Å². The zero-order chi connectivity index (χ0) is 34.4. The molecule has 0 aromatic heterocycles. The molecule has 0 aliphatic rings. The molecule has 0 aliphatic heterocycles. The first-order valence-corrected chi connectivity index (χ1v) is 16.7. The summed E-state index contributed by atoms with van der Waals surface area (Å²) in [6.45, 7) is 6.63. The molecule has 4 aromatic rings. The minimum Gasteiger partial charge on any atom is -0.491 e. The highest BCUT2D eigenvalue weighted by atomic mass is 35.5. The van der Waals surface area contributed by atoms with Gasteiger partial charge >= 0.3 is 0 Å². The Balaban J connectivity index is 0.000000926. The van der Waals surface area contributed by atoms with Crippen molar-refractivity contribution in [1.29, 1.82) is 0 Å². The van der Waals surface area contributed by atoms with Gasteiger partial charge < -0.3 is 45.3 Å². The molecule has 51 heavy (non-hydrogen) atoms. The lowest BCUT2D eigenvalue weighted by Gasteiger charge is -2.20. The molecule has 4 unspecified atom stereocenters. The van der Waals surface area contributed by atoms with Crippen molar-refractivity contribution in [3.63, 3.8) is 0 Å². The average molecular weight is 750 g/mol. The van der Waals surface area contributed by atoms with E-state index in [0.29, 0.717) is 25.3 Å². The second kappa shape index (κ2) is 28.4. The minimum atomic E-state index is 0. The highest BCUT2D eigenvalue weighted by Crippen LogP contribution is 2.18. The number of aliphatic hydroxyl groups excluding tert-OH is 2. The fourth-order valence-corrected chi connectivity index (χ4v) is 5.25. The molecule has 4 rings (SSSR count). The van der Waals surface area contributed by atoms with Crippen molar-refractivity contribution < 1.29 is 34.6 Å². The van der Waals surface area contributed by atoms with Crippen LogP contribution < -0.4 is 20.1 Å². The summed E-state index contributed by atoms with van der Waals surface area (Å²) in [5.41, 5.74) is 4.87. The van der Waals surface area contributed by atoms with Crippen LogP contribution in [0.1, 0.15) is 48.3 Å². The van der Waals surface area contributed by atoms with Gasteiger partial charge in [-0.05, 0) is 73.2 Å². The normalized spacial score (nSPS) is 12.7. The van der Waals surface area contributed by atoms with E-state index in [-0.39, 0.29) is 55.7 Å². The molecule has 0 saturated heterocycles. The number of halogens is 2. The molecular formula is C40H58Cl2N2O7. The van der Waals surface area contributed by atoms with Crippen molar-refractivity contribution >= 4 is 24.8 Å². The fraction of sp³-hybridized carbons (Fsp3) is 0.400. The maximum Gasteiger partial charge on any atom is 0.119 e. The fourth-order valence-electron chi connectivity index (χ4n) is 5.25. The van der Waals surface area contributed by atoms with E-state index in [9.17, 15) is 0 Å². The van der Waals surface area contributed by atoms with Crippen LogP contribution in [0.15, 0.2) is 109 Å². The Kier molecular flexibility index (Phi) is 26.6. The van der Waals surface area contributed by atoms with Crippen LogP contribution in [-0.2, 0) is 22.3 Å². The van der Waals surface area contributed by atoms with Crippen LogP contribution in [0.5, 0.6) is 11.5 Å². The molecule has 0 radical (unpaired) electrons. The van der Waals surface area contributed by atoms with E-state index in [2.05, 4.69) is 73.0 Å². The zero-order valence-corrected chi connectivity index (χ0v) is 31.8. The molecule has 0 bridgehead atoms. The van der Waals surface area contributed by atoms with E-state index < -0.39 is 0 Å². The summed E-state index contributed by atoms with van der Waals surface area (Å²) in [4.78, 5) is 0. The van der Waals surface area contributed by atoms with Crippen molar-refractivity contribution in [2.45, 2.75) is 51.0 Å². The van der Waals surface area contributed by atoms with Gasteiger partial charge in [0.1, 0.15) is 24.7 Å². The summed E-state index contributed by atoms with van der Waals surface area (Å²) in [5.74, 6) is 1.58. The number of nitrogens with one attached hydrogen (secondary N) is 2. The van der Waals surface area contributed by atoms with Gasteiger partial charge in [0, 0.05) is 39.4 Å². The van der Waals surface area contributed by atoms with Crippen molar-refractivity contribution in [3.8, 4) is 11.5 Å². The molecule has 0 aliphatic carbocycles. The molecule has 4 aromatic carbocycles. The molecular weight excluding hydrogens is 691 g/mol. The number of ether oxygens (including phenoxy) is 4. The summed E-state index contributed by atoms with van der Waals surface area (Å²) in [6.07, 6.45) is 1.99. The van der Waals surface area contributed by atoms with Gasteiger partial charge in [-0.2, -0.15) is 0 Å². The van der Waals surface area contributed by atoms with Crippen LogP contribution in [-0.4, -0.2) is 81.5 Å². The lowest BCUT2D eigenvalue weighted by Crippen LogP contribution is -2.32. The van der Waals surface area contributed by atoms with Crippen LogP contribution in [0.4, 0.5) is 0 Å². The number of hydrogen-bond acceptors (Lipinski definition) is 8. The summed E-state index contributed by atoms with van der Waals surface area (Å²) >= 11 is 0. The number of aliphatic hydroxyl groups is 2. The second-order valence-corrected chi connectivity index (χ2v) is 11.7. The monoisotopic (exact) mass is 748 g/mol. The number of hydrogen-bond donors (Lipinski definition) is 4. The first-order valence-electron chi connectivity index (χ1n) is 16.7. The molecule has 0 amide bonds. The van der Waals surface area contributed by atoms with Crippen LogP contribution in [0.3, 0.4) is 0 Å². The molecule has 284 valence electrons. The van der Waals surface area contributed by atoms with Gasteiger partial charge in [-0.1, -0.05) is 84.9 Å². The third-order valence-corrected chi connectivity index (χ3v) is 7.87. The van der Waals surface area contributed by atoms with Gasteiger partial charge in [-0.15, -0.1) is 24.8 Å². The predicted octanol–water partition coefficient (Wildman–Crippen LogP) is 5.95. The summed E-state index contributed by atoms with van der Waals surface area (Å²) in [6, 6.07) is 37.2. The predicted molar refractivity (Wildman–Crippen MR) is 211 cm³/mol. The van der Waals surface area contributed by atoms with E-state index in [4.69, 9.17) is 29.2 Å². The standard InChI is InChI=1S/2C20H27NO3.2ClH.H2O/c2*1-16(14-17-8-10-19(11-9-17)24-13-12-22)21-15-20(23-2)18-6-4-3-5-7-18;;;/h2*3-11,16,20-22H,12-15H2,1-2H3;2*1H;1H2. The lowest BCUT2D eigenvalue weighted by molar-refractivity contribution is 0.0999. The van der Waals surface area contributed by atoms with Crippen molar-refractivity contribution in [2.24, 2.45) is 0 Å². The number of rotatable bonds is 20. The molecule has 0 heterocycles. The highest BCUT2D eigenvalue weighted by molar-refractivity contribution is 5.85. The van der Waals surface area contributed by atoms with Gasteiger partial charge in [0.2, 0.25) is 0 Å². The molecule has 0 saturated carbocycles. The van der Waals surface area contributed by atoms with Gasteiger partial charge in [0.25, 0.3) is 0 Å². The maximum atomic E-state index is 8.76. The lowest BCUT2D eigenvalue weighted by atomic mass is 10.1. The van der Waals surface area contributed by atoms with Gasteiger partial charge in [0.05, 0.1) is 25.4 Å². The van der Waals surface area contributed by atoms with E-state index in [1.165, 1.54) is 22.3 Å². The minimum absolute atomic E-state index is 0. The van der Waals surface area contributed by atoms with Crippen LogP contribution in [0.2, 0.25) is 0 Å². The molecule has 4 atom stereocenters. The summed E-state index contributed by atoms with van der Waals surface area (Å²) in [5, 5.41) is 24.6.